The molecule has 1 aliphatic heterocycles. The van der Waals surface area contributed by atoms with Crippen molar-refractivity contribution in [2.75, 3.05) is 31.6 Å². The highest BCUT2D eigenvalue weighted by atomic mass is 16.1. The third-order valence-corrected chi connectivity index (χ3v) is 3.42. The number of anilines is 1. The normalized spacial score (nSPS) is 18.3. The largest absolute Gasteiger partial charge is 0.354 e. The van der Waals surface area contributed by atoms with Gasteiger partial charge in [0.15, 0.2) is 11.5 Å². The minimum Gasteiger partial charge on any atom is -0.354 e. The van der Waals surface area contributed by atoms with Crippen LogP contribution >= 0.6 is 0 Å². The molecule has 0 bridgehead atoms. The van der Waals surface area contributed by atoms with Crippen LogP contribution < -0.4 is 15.5 Å². The molecular formula is C13H21N5O. The van der Waals surface area contributed by atoms with E-state index in [9.17, 15) is 4.79 Å². The van der Waals surface area contributed by atoms with E-state index in [1.165, 1.54) is 12.8 Å². The van der Waals surface area contributed by atoms with Crippen molar-refractivity contribution in [1.82, 2.24) is 20.8 Å². The van der Waals surface area contributed by atoms with Crippen molar-refractivity contribution in [3.63, 3.8) is 0 Å². The number of aromatic nitrogens is 2. The summed E-state index contributed by atoms with van der Waals surface area (Å²) >= 11 is 0. The van der Waals surface area contributed by atoms with Crippen LogP contribution in [0.2, 0.25) is 0 Å². The first-order chi connectivity index (χ1) is 9.24. The van der Waals surface area contributed by atoms with Crippen molar-refractivity contribution in [2.24, 2.45) is 0 Å². The molecule has 2 heterocycles. The van der Waals surface area contributed by atoms with Gasteiger partial charge in [0.25, 0.3) is 5.91 Å². The summed E-state index contributed by atoms with van der Waals surface area (Å²) < 4.78 is 0. The van der Waals surface area contributed by atoms with Crippen molar-refractivity contribution < 1.29 is 4.79 Å². The van der Waals surface area contributed by atoms with Crippen molar-refractivity contribution in [3.05, 3.63) is 17.8 Å². The molecule has 1 fully saturated rings. The number of carbonyl (C=O) groups is 1. The lowest BCUT2D eigenvalue weighted by Gasteiger charge is -2.24. The van der Waals surface area contributed by atoms with E-state index >= 15 is 0 Å². The van der Waals surface area contributed by atoms with Gasteiger partial charge in [0.05, 0.1) is 0 Å². The van der Waals surface area contributed by atoms with Crippen LogP contribution in [-0.4, -0.2) is 48.8 Å². The highest BCUT2D eigenvalue weighted by molar-refractivity contribution is 5.91. The van der Waals surface area contributed by atoms with Gasteiger partial charge >= 0.3 is 0 Å². The van der Waals surface area contributed by atoms with Gasteiger partial charge in [-0.2, -0.15) is 0 Å². The molecule has 0 aliphatic carbocycles. The summed E-state index contributed by atoms with van der Waals surface area (Å²) in [7, 11) is 1.59. The van der Waals surface area contributed by atoms with Gasteiger partial charge in [-0.05, 0) is 38.4 Å². The number of nitrogens with zero attached hydrogens (tertiary/aromatic N) is 3. The second-order valence-corrected chi connectivity index (χ2v) is 4.69. The van der Waals surface area contributed by atoms with Crippen molar-refractivity contribution in [3.8, 4) is 0 Å². The predicted octanol–water partition coefficient (Wildman–Crippen LogP) is 0.415. The zero-order chi connectivity index (χ0) is 13.7. The van der Waals surface area contributed by atoms with Crippen LogP contribution in [0, 0.1) is 0 Å². The monoisotopic (exact) mass is 263 g/mol. The Labute approximate surface area is 113 Å². The van der Waals surface area contributed by atoms with E-state index in [0.29, 0.717) is 11.7 Å². The molecule has 0 radical (unpaired) electrons. The summed E-state index contributed by atoms with van der Waals surface area (Å²) in [5.41, 5.74) is 0.348. The fourth-order valence-electron chi connectivity index (χ4n) is 2.31. The van der Waals surface area contributed by atoms with Crippen LogP contribution in [0.15, 0.2) is 12.1 Å². The highest BCUT2D eigenvalue weighted by Gasteiger charge is 2.18. The molecule has 104 valence electrons. The third kappa shape index (κ3) is 3.41. The average molecular weight is 263 g/mol. The maximum Gasteiger partial charge on any atom is 0.271 e. The van der Waals surface area contributed by atoms with Crippen LogP contribution in [0.25, 0.3) is 0 Å². The van der Waals surface area contributed by atoms with Crippen LogP contribution in [0.1, 0.15) is 30.3 Å². The van der Waals surface area contributed by atoms with E-state index in [2.05, 4.69) is 32.7 Å². The number of nitrogens with one attached hydrogen (secondary N) is 2. The lowest BCUT2D eigenvalue weighted by Crippen LogP contribution is -2.38. The maximum atomic E-state index is 11.4. The molecule has 2 N–H and O–H groups in total. The van der Waals surface area contributed by atoms with Crippen LogP contribution in [-0.2, 0) is 0 Å². The summed E-state index contributed by atoms with van der Waals surface area (Å²) in [6.07, 6.45) is 2.45. The number of likely N-dealkylation sites (N-methyl/N-ethyl adjacent to an activating group) is 1. The standard InChI is InChI=1S/C13H21N5O/c1-3-18(9-10-5-4-8-15-10)12-7-6-11(16-17-12)13(19)14-2/h6-7,10,15H,3-5,8-9H2,1-2H3,(H,14,19). The van der Waals surface area contributed by atoms with E-state index in [1.807, 2.05) is 6.07 Å². The van der Waals surface area contributed by atoms with Gasteiger partial charge in [0.2, 0.25) is 0 Å². The van der Waals surface area contributed by atoms with Gasteiger partial charge in [0.1, 0.15) is 0 Å². The molecule has 19 heavy (non-hydrogen) atoms. The summed E-state index contributed by atoms with van der Waals surface area (Å²) in [5, 5.41) is 14.1. The first-order valence-electron chi connectivity index (χ1n) is 6.78. The number of hydrogen-bond donors (Lipinski definition) is 2. The summed E-state index contributed by atoms with van der Waals surface area (Å²) in [4.78, 5) is 13.6. The average Bonchev–Trinajstić information content (AvgIpc) is 2.97. The van der Waals surface area contributed by atoms with E-state index < -0.39 is 0 Å². The first-order valence-corrected chi connectivity index (χ1v) is 6.78. The van der Waals surface area contributed by atoms with E-state index in [4.69, 9.17) is 0 Å². The van der Waals surface area contributed by atoms with Gasteiger partial charge in [-0.25, -0.2) is 0 Å². The Morgan fingerprint density at radius 3 is 2.89 bits per heavy atom. The molecule has 6 nitrogen and oxygen atoms in total. The van der Waals surface area contributed by atoms with Gasteiger partial charge in [-0.3, -0.25) is 4.79 Å². The van der Waals surface area contributed by atoms with Crippen LogP contribution in [0.4, 0.5) is 5.82 Å². The molecule has 1 atom stereocenters. The number of carbonyl (C=O) groups excluding carboxylic acids is 1. The predicted molar refractivity (Wildman–Crippen MR) is 74.3 cm³/mol. The van der Waals surface area contributed by atoms with Crippen molar-refractivity contribution >= 4 is 11.7 Å². The molecule has 1 aromatic rings. The van der Waals surface area contributed by atoms with Gasteiger partial charge in [0, 0.05) is 26.2 Å². The molecule has 1 saturated heterocycles. The Balaban J connectivity index is 2.03. The Morgan fingerprint density at radius 2 is 2.37 bits per heavy atom. The molecule has 1 aromatic heterocycles. The van der Waals surface area contributed by atoms with Crippen molar-refractivity contribution in [1.29, 1.82) is 0 Å². The minimum atomic E-state index is -0.209. The van der Waals surface area contributed by atoms with Crippen LogP contribution in [0.3, 0.4) is 0 Å². The van der Waals surface area contributed by atoms with Crippen LogP contribution in [0.5, 0.6) is 0 Å². The quantitative estimate of drug-likeness (QED) is 0.805. The molecule has 1 unspecified atom stereocenters. The molecular weight excluding hydrogens is 242 g/mol. The zero-order valence-electron chi connectivity index (χ0n) is 11.5. The Kier molecular flexibility index (Phi) is 4.68. The molecule has 0 saturated carbocycles. The summed E-state index contributed by atoms with van der Waals surface area (Å²) in [6.45, 7) is 5.02. The van der Waals surface area contributed by atoms with Gasteiger partial charge in [-0.15, -0.1) is 10.2 Å². The maximum absolute atomic E-state index is 11.4. The molecule has 0 spiro atoms. The number of hydrogen-bond acceptors (Lipinski definition) is 5. The van der Waals surface area contributed by atoms with E-state index in [-0.39, 0.29) is 5.91 Å². The molecule has 2 rings (SSSR count). The Hall–Kier alpha value is -1.69. The molecule has 1 aliphatic rings. The fraction of sp³-hybridized carbons (Fsp3) is 0.615. The molecule has 6 heteroatoms. The topological polar surface area (TPSA) is 70.2 Å². The second kappa shape index (κ2) is 6.47. The molecule has 1 amide bonds. The lowest BCUT2D eigenvalue weighted by molar-refractivity contribution is 0.0957. The lowest BCUT2D eigenvalue weighted by atomic mass is 10.2. The number of rotatable bonds is 5. The first kappa shape index (κ1) is 13.7. The van der Waals surface area contributed by atoms with Crippen molar-refractivity contribution in [2.45, 2.75) is 25.8 Å². The fourth-order valence-corrected chi connectivity index (χ4v) is 2.31. The SMILES string of the molecule is CCN(CC1CCCN1)c1ccc(C(=O)NC)nn1. The minimum absolute atomic E-state index is 0.209. The molecule has 0 aromatic carbocycles. The Morgan fingerprint density at radius 1 is 1.53 bits per heavy atom. The highest BCUT2D eigenvalue weighted by Crippen LogP contribution is 2.13. The smallest absolute Gasteiger partial charge is 0.271 e. The van der Waals surface area contributed by atoms with Gasteiger partial charge < -0.3 is 15.5 Å². The van der Waals surface area contributed by atoms with E-state index in [1.54, 1.807) is 13.1 Å². The van der Waals surface area contributed by atoms with Gasteiger partial charge in [-0.1, -0.05) is 0 Å². The Bertz CT molecular complexity index is 414. The summed E-state index contributed by atoms with van der Waals surface area (Å²) in [5.74, 6) is 0.614. The summed E-state index contributed by atoms with van der Waals surface area (Å²) in [6, 6.07) is 4.10. The van der Waals surface area contributed by atoms with E-state index in [0.717, 1.165) is 25.5 Å². The zero-order valence-corrected chi connectivity index (χ0v) is 11.5. The second-order valence-electron chi connectivity index (χ2n) is 4.69. The third-order valence-electron chi connectivity index (χ3n) is 3.42. The number of amides is 1.